The van der Waals surface area contributed by atoms with E-state index >= 15 is 0 Å². The van der Waals surface area contributed by atoms with Crippen LogP contribution in [0.4, 0.5) is 0 Å². The molecule has 2 atom stereocenters. The average Bonchev–Trinajstić information content (AvgIpc) is 3.20. The van der Waals surface area contributed by atoms with Crippen LogP contribution in [0.25, 0.3) is 0 Å². The van der Waals surface area contributed by atoms with Crippen molar-refractivity contribution in [2.45, 2.75) is 64.1 Å². The smallest absolute Gasteiger partial charge is 0.0238 e. The summed E-state index contributed by atoms with van der Waals surface area (Å²) in [6, 6.07) is 2.59. The van der Waals surface area contributed by atoms with Crippen LogP contribution in [0.3, 0.4) is 0 Å². The van der Waals surface area contributed by atoms with Gasteiger partial charge in [-0.1, -0.05) is 6.92 Å². The second-order valence-electron chi connectivity index (χ2n) is 6.95. The van der Waals surface area contributed by atoms with Crippen molar-refractivity contribution in [2.75, 3.05) is 32.7 Å². The van der Waals surface area contributed by atoms with E-state index in [1.165, 1.54) is 64.8 Å². The lowest BCUT2D eigenvalue weighted by atomic mass is 9.96. The average molecular weight is 265 g/mol. The van der Waals surface area contributed by atoms with Crippen molar-refractivity contribution >= 4 is 0 Å². The van der Waals surface area contributed by atoms with E-state index < -0.39 is 0 Å². The van der Waals surface area contributed by atoms with Gasteiger partial charge in [0.25, 0.3) is 0 Å². The lowest BCUT2D eigenvalue weighted by Gasteiger charge is -2.33. The molecule has 2 aliphatic heterocycles. The molecule has 2 saturated heterocycles. The van der Waals surface area contributed by atoms with Gasteiger partial charge in [0.2, 0.25) is 0 Å². The Kier molecular flexibility index (Phi) is 4.45. The summed E-state index contributed by atoms with van der Waals surface area (Å²) in [5.74, 6) is 0.937. The Morgan fingerprint density at radius 1 is 1.16 bits per heavy atom. The van der Waals surface area contributed by atoms with Crippen molar-refractivity contribution in [3.8, 4) is 0 Å². The molecule has 1 N–H and O–H groups in total. The summed E-state index contributed by atoms with van der Waals surface area (Å²) in [6.45, 7) is 11.2. The molecule has 3 fully saturated rings. The standard InChI is InChI=1S/C16H31N3/c1-3-18(11-14-6-8-17-9-7-14)16-10-13(2)19(12-16)15-4-5-15/h13-17H,3-12H2,1-2H3. The molecule has 0 bridgehead atoms. The summed E-state index contributed by atoms with van der Waals surface area (Å²) in [5, 5.41) is 3.49. The van der Waals surface area contributed by atoms with Crippen molar-refractivity contribution in [2.24, 2.45) is 5.92 Å². The SMILES string of the molecule is CCN(CC1CCNCC1)C1CC(C)N(C2CC2)C1. The lowest BCUT2D eigenvalue weighted by molar-refractivity contribution is 0.156. The molecule has 3 aliphatic rings. The lowest BCUT2D eigenvalue weighted by Crippen LogP contribution is -2.43. The van der Waals surface area contributed by atoms with Gasteiger partial charge in [-0.05, 0) is 64.6 Å². The van der Waals surface area contributed by atoms with Crippen LogP contribution in [0.15, 0.2) is 0 Å². The highest BCUT2D eigenvalue weighted by molar-refractivity contribution is 4.97. The number of hydrogen-bond donors (Lipinski definition) is 1. The first-order chi connectivity index (χ1) is 9.28. The van der Waals surface area contributed by atoms with E-state index in [1.807, 2.05) is 0 Å². The summed E-state index contributed by atoms with van der Waals surface area (Å²) < 4.78 is 0. The first-order valence-electron chi connectivity index (χ1n) is 8.48. The van der Waals surface area contributed by atoms with E-state index in [1.54, 1.807) is 0 Å². The Labute approximate surface area is 118 Å². The van der Waals surface area contributed by atoms with Crippen molar-refractivity contribution in [1.29, 1.82) is 0 Å². The second-order valence-corrected chi connectivity index (χ2v) is 6.95. The van der Waals surface area contributed by atoms with Crippen LogP contribution in [0, 0.1) is 5.92 Å². The van der Waals surface area contributed by atoms with Gasteiger partial charge in [0.05, 0.1) is 0 Å². The zero-order valence-electron chi connectivity index (χ0n) is 12.8. The van der Waals surface area contributed by atoms with Gasteiger partial charge >= 0.3 is 0 Å². The quantitative estimate of drug-likeness (QED) is 0.819. The molecule has 3 heteroatoms. The van der Waals surface area contributed by atoms with Crippen molar-refractivity contribution in [3.63, 3.8) is 0 Å². The summed E-state index contributed by atoms with van der Waals surface area (Å²) in [6.07, 6.45) is 7.07. The predicted molar refractivity (Wildman–Crippen MR) is 80.4 cm³/mol. The zero-order chi connectivity index (χ0) is 13.2. The Morgan fingerprint density at radius 2 is 1.89 bits per heavy atom. The van der Waals surface area contributed by atoms with Crippen LogP contribution in [0.2, 0.25) is 0 Å². The Hall–Kier alpha value is -0.120. The summed E-state index contributed by atoms with van der Waals surface area (Å²) >= 11 is 0. The van der Waals surface area contributed by atoms with E-state index in [4.69, 9.17) is 0 Å². The van der Waals surface area contributed by atoms with Crippen LogP contribution in [-0.4, -0.2) is 60.6 Å². The first-order valence-corrected chi connectivity index (χ1v) is 8.48. The molecule has 19 heavy (non-hydrogen) atoms. The van der Waals surface area contributed by atoms with Gasteiger partial charge in [-0.2, -0.15) is 0 Å². The predicted octanol–water partition coefficient (Wildman–Crippen LogP) is 1.93. The normalized spacial score (nSPS) is 34.3. The number of likely N-dealkylation sites (tertiary alicyclic amines) is 1. The second kappa shape index (κ2) is 6.11. The molecule has 2 heterocycles. The summed E-state index contributed by atoms with van der Waals surface area (Å²) in [5.41, 5.74) is 0. The minimum Gasteiger partial charge on any atom is -0.317 e. The van der Waals surface area contributed by atoms with Crippen molar-refractivity contribution in [3.05, 3.63) is 0 Å². The third kappa shape index (κ3) is 3.32. The molecule has 0 aromatic heterocycles. The number of piperidine rings is 1. The molecule has 0 amide bonds. The Bertz CT molecular complexity index is 284. The molecule has 110 valence electrons. The van der Waals surface area contributed by atoms with Gasteiger partial charge in [0.1, 0.15) is 0 Å². The highest BCUT2D eigenvalue weighted by atomic mass is 15.3. The maximum atomic E-state index is 3.49. The molecule has 0 aromatic rings. The third-order valence-corrected chi connectivity index (χ3v) is 5.49. The fraction of sp³-hybridized carbons (Fsp3) is 1.00. The molecule has 0 radical (unpaired) electrons. The first kappa shape index (κ1) is 13.8. The topological polar surface area (TPSA) is 18.5 Å². The Morgan fingerprint density at radius 3 is 2.53 bits per heavy atom. The monoisotopic (exact) mass is 265 g/mol. The molecule has 1 saturated carbocycles. The number of hydrogen-bond acceptors (Lipinski definition) is 3. The maximum absolute atomic E-state index is 3.49. The molecular weight excluding hydrogens is 234 g/mol. The molecule has 0 spiro atoms. The molecule has 2 unspecified atom stereocenters. The van der Waals surface area contributed by atoms with Crippen molar-refractivity contribution in [1.82, 2.24) is 15.1 Å². The van der Waals surface area contributed by atoms with Crippen LogP contribution >= 0.6 is 0 Å². The van der Waals surface area contributed by atoms with E-state index in [-0.39, 0.29) is 0 Å². The van der Waals surface area contributed by atoms with Gasteiger partial charge < -0.3 is 5.32 Å². The van der Waals surface area contributed by atoms with Crippen LogP contribution in [0.1, 0.15) is 46.0 Å². The molecule has 3 nitrogen and oxygen atoms in total. The van der Waals surface area contributed by atoms with E-state index in [9.17, 15) is 0 Å². The van der Waals surface area contributed by atoms with E-state index in [2.05, 4.69) is 29.0 Å². The maximum Gasteiger partial charge on any atom is 0.0238 e. The molecule has 1 aliphatic carbocycles. The molecular formula is C16H31N3. The largest absolute Gasteiger partial charge is 0.317 e. The minimum absolute atomic E-state index is 0.819. The van der Waals surface area contributed by atoms with Gasteiger partial charge in [0, 0.05) is 31.2 Å². The molecule has 0 aromatic carbocycles. The zero-order valence-corrected chi connectivity index (χ0v) is 12.8. The highest BCUT2D eigenvalue weighted by Crippen LogP contribution is 2.35. The van der Waals surface area contributed by atoms with Crippen LogP contribution in [-0.2, 0) is 0 Å². The van der Waals surface area contributed by atoms with Gasteiger partial charge in [-0.3, -0.25) is 9.80 Å². The third-order valence-electron chi connectivity index (χ3n) is 5.49. The van der Waals surface area contributed by atoms with Gasteiger partial charge in [-0.25, -0.2) is 0 Å². The van der Waals surface area contributed by atoms with E-state index in [0.717, 1.165) is 24.0 Å². The van der Waals surface area contributed by atoms with Gasteiger partial charge in [-0.15, -0.1) is 0 Å². The molecule has 3 rings (SSSR count). The number of nitrogens with zero attached hydrogens (tertiary/aromatic N) is 2. The minimum atomic E-state index is 0.819. The van der Waals surface area contributed by atoms with Crippen LogP contribution < -0.4 is 5.32 Å². The van der Waals surface area contributed by atoms with Crippen LogP contribution in [0.5, 0.6) is 0 Å². The fourth-order valence-electron chi connectivity index (χ4n) is 4.14. The Balaban J connectivity index is 1.53. The number of nitrogens with one attached hydrogen (secondary N) is 1. The summed E-state index contributed by atoms with van der Waals surface area (Å²) in [7, 11) is 0. The fourth-order valence-corrected chi connectivity index (χ4v) is 4.14. The number of rotatable bonds is 5. The van der Waals surface area contributed by atoms with Gasteiger partial charge in [0.15, 0.2) is 0 Å². The highest BCUT2D eigenvalue weighted by Gasteiger charge is 2.40. The van der Waals surface area contributed by atoms with Crippen molar-refractivity contribution < 1.29 is 0 Å². The summed E-state index contributed by atoms with van der Waals surface area (Å²) in [4.78, 5) is 5.57. The number of likely N-dealkylation sites (N-methyl/N-ethyl adjacent to an activating group) is 1. The van der Waals surface area contributed by atoms with E-state index in [0.29, 0.717) is 0 Å².